The number of aryl methyl sites for hydroxylation is 1. The van der Waals surface area contributed by atoms with Gasteiger partial charge >= 0.3 is 0 Å². The maximum Gasteiger partial charge on any atom is 0.243 e. The number of carbonyl (C=O) groups excluding carboxylic acids is 1. The first kappa shape index (κ1) is 22.0. The molecule has 1 aliphatic heterocycles. The van der Waals surface area contributed by atoms with Crippen LogP contribution >= 0.6 is 23.1 Å². The Morgan fingerprint density at radius 3 is 2.45 bits per heavy atom. The Morgan fingerprint density at radius 2 is 1.83 bits per heavy atom. The third kappa shape index (κ3) is 5.68. The Hall–Kier alpha value is -1.69. The average molecular weight is 456 g/mol. The van der Waals surface area contributed by atoms with E-state index in [1.807, 2.05) is 20.8 Å². The first-order chi connectivity index (χ1) is 13.8. The number of nitrogens with zero attached hydrogens (tertiary/aromatic N) is 4. The summed E-state index contributed by atoms with van der Waals surface area (Å²) in [5.74, 6) is 0.247. The number of thioether (sulfide) groups is 1. The van der Waals surface area contributed by atoms with Crippen LogP contribution in [-0.2, 0) is 14.8 Å². The molecule has 0 atom stereocenters. The number of hydrogen-bond acceptors (Lipinski definition) is 8. The maximum atomic E-state index is 12.8. The summed E-state index contributed by atoms with van der Waals surface area (Å²) in [6, 6.07) is 7.11. The largest absolute Gasteiger partial charge is 0.358 e. The third-order valence-corrected chi connectivity index (χ3v) is 8.27. The summed E-state index contributed by atoms with van der Waals surface area (Å²) in [5.41, 5.74) is 1.01. The molecule has 0 unspecified atom stereocenters. The summed E-state index contributed by atoms with van der Waals surface area (Å²) in [4.78, 5) is 14.5. The fraction of sp³-hybridized carbons (Fsp3) is 0.500. The van der Waals surface area contributed by atoms with Gasteiger partial charge in [0.15, 0.2) is 4.34 Å². The van der Waals surface area contributed by atoms with Crippen LogP contribution in [0.1, 0.15) is 19.4 Å². The summed E-state index contributed by atoms with van der Waals surface area (Å²) < 4.78 is 27.7. The lowest BCUT2D eigenvalue weighted by Gasteiger charge is -2.34. The molecular formula is C18H25N5O3S3. The van der Waals surface area contributed by atoms with Gasteiger partial charge in [-0.3, -0.25) is 4.79 Å². The normalized spacial score (nSPS) is 15.7. The second-order valence-corrected chi connectivity index (χ2v) is 11.2. The van der Waals surface area contributed by atoms with Crippen molar-refractivity contribution in [3.05, 3.63) is 29.8 Å². The van der Waals surface area contributed by atoms with Crippen molar-refractivity contribution in [2.45, 2.75) is 36.0 Å². The smallest absolute Gasteiger partial charge is 0.243 e. The molecule has 1 aromatic heterocycles. The average Bonchev–Trinajstić information content (AvgIpc) is 3.13. The van der Waals surface area contributed by atoms with Crippen molar-refractivity contribution in [1.82, 2.24) is 19.4 Å². The molecule has 8 nitrogen and oxygen atoms in total. The summed E-state index contributed by atoms with van der Waals surface area (Å²) >= 11 is 2.78. The number of hydrogen-bond donors (Lipinski definition) is 1. The van der Waals surface area contributed by atoms with Crippen molar-refractivity contribution in [2.24, 2.45) is 0 Å². The quantitative estimate of drug-likeness (QED) is 0.640. The number of nitrogens with one attached hydrogen (secondary N) is 1. The van der Waals surface area contributed by atoms with Gasteiger partial charge < -0.3 is 10.2 Å². The van der Waals surface area contributed by atoms with Gasteiger partial charge in [0.1, 0.15) is 0 Å². The number of aromatic nitrogens is 2. The lowest BCUT2D eigenvalue weighted by Crippen LogP contribution is -2.50. The fourth-order valence-electron chi connectivity index (χ4n) is 2.83. The van der Waals surface area contributed by atoms with Gasteiger partial charge in [-0.15, -0.1) is 10.2 Å². The van der Waals surface area contributed by atoms with Gasteiger partial charge in [-0.2, -0.15) is 4.31 Å². The topological polar surface area (TPSA) is 95.5 Å². The Balaban J connectivity index is 1.50. The second-order valence-electron chi connectivity index (χ2n) is 7.06. The molecule has 2 heterocycles. The fourth-order valence-corrected chi connectivity index (χ4v) is 6.05. The molecule has 0 spiro atoms. The number of rotatable bonds is 7. The standard InChI is InChI=1S/C18H25N5O3S3/c1-13(2)19-17-20-21-18(28-17)27-12-16(24)22-8-10-23(11-9-22)29(25,26)15-6-4-14(3)5-7-15/h4-7,13H,8-12H2,1-3H3,(H,19,20). The number of anilines is 1. The number of sulfonamides is 1. The Bertz CT molecular complexity index is 936. The summed E-state index contributed by atoms with van der Waals surface area (Å²) in [6.45, 7) is 7.35. The predicted octanol–water partition coefficient (Wildman–Crippen LogP) is 2.29. The predicted molar refractivity (Wildman–Crippen MR) is 116 cm³/mol. The molecule has 3 rings (SSSR count). The van der Waals surface area contributed by atoms with E-state index in [0.29, 0.717) is 31.1 Å². The van der Waals surface area contributed by atoms with Crippen LogP contribution in [-0.4, -0.2) is 71.7 Å². The molecule has 0 radical (unpaired) electrons. The number of amides is 1. The third-order valence-electron chi connectivity index (χ3n) is 4.39. The summed E-state index contributed by atoms with van der Waals surface area (Å²) in [6.07, 6.45) is 0. The van der Waals surface area contributed by atoms with E-state index in [9.17, 15) is 13.2 Å². The Morgan fingerprint density at radius 1 is 1.17 bits per heavy atom. The van der Waals surface area contributed by atoms with Crippen molar-refractivity contribution in [2.75, 3.05) is 37.2 Å². The minimum absolute atomic E-state index is 0.0176. The van der Waals surface area contributed by atoms with Crippen LogP contribution in [0.15, 0.2) is 33.5 Å². The van der Waals surface area contributed by atoms with Crippen molar-refractivity contribution in [3.63, 3.8) is 0 Å². The van der Waals surface area contributed by atoms with Crippen LogP contribution in [0.5, 0.6) is 0 Å². The van der Waals surface area contributed by atoms with Crippen LogP contribution in [0.2, 0.25) is 0 Å². The molecule has 1 saturated heterocycles. The van der Waals surface area contributed by atoms with Gasteiger partial charge in [-0.1, -0.05) is 40.8 Å². The molecule has 1 aliphatic rings. The van der Waals surface area contributed by atoms with Crippen molar-refractivity contribution in [3.8, 4) is 0 Å². The first-order valence-corrected chi connectivity index (χ1v) is 12.6. The second kappa shape index (κ2) is 9.41. The monoisotopic (exact) mass is 455 g/mol. The molecule has 1 fully saturated rings. The Kier molecular flexibility index (Phi) is 7.14. The molecule has 2 aromatic rings. The molecule has 1 aromatic carbocycles. The number of piperazine rings is 1. The van der Waals surface area contributed by atoms with E-state index in [0.717, 1.165) is 15.0 Å². The van der Waals surface area contributed by atoms with E-state index in [1.54, 1.807) is 29.2 Å². The van der Waals surface area contributed by atoms with E-state index >= 15 is 0 Å². The molecule has 0 aliphatic carbocycles. The van der Waals surface area contributed by atoms with E-state index in [2.05, 4.69) is 15.5 Å². The lowest BCUT2D eigenvalue weighted by atomic mass is 10.2. The van der Waals surface area contributed by atoms with Gasteiger partial charge in [0.05, 0.1) is 10.6 Å². The number of carbonyl (C=O) groups is 1. The van der Waals surface area contributed by atoms with Crippen molar-refractivity contribution >= 4 is 44.2 Å². The SMILES string of the molecule is Cc1ccc(S(=O)(=O)N2CCN(C(=O)CSc3nnc(NC(C)C)s3)CC2)cc1. The van der Waals surface area contributed by atoms with Crippen LogP contribution in [0, 0.1) is 6.92 Å². The van der Waals surface area contributed by atoms with Crippen molar-refractivity contribution < 1.29 is 13.2 Å². The van der Waals surface area contributed by atoms with Gasteiger partial charge in [0.25, 0.3) is 0 Å². The van der Waals surface area contributed by atoms with Crippen LogP contribution in [0.25, 0.3) is 0 Å². The van der Waals surface area contributed by atoms with Crippen molar-refractivity contribution in [1.29, 1.82) is 0 Å². The number of benzene rings is 1. The zero-order valence-corrected chi connectivity index (χ0v) is 19.1. The highest BCUT2D eigenvalue weighted by Gasteiger charge is 2.30. The zero-order chi connectivity index (χ0) is 21.0. The minimum atomic E-state index is -3.52. The summed E-state index contributed by atoms with van der Waals surface area (Å²) in [5, 5.41) is 12.1. The van der Waals surface area contributed by atoms with Crippen LogP contribution < -0.4 is 5.32 Å². The summed E-state index contributed by atoms with van der Waals surface area (Å²) in [7, 11) is -3.52. The molecule has 158 valence electrons. The molecular weight excluding hydrogens is 430 g/mol. The maximum absolute atomic E-state index is 12.8. The van der Waals surface area contributed by atoms with Crippen LogP contribution in [0.4, 0.5) is 5.13 Å². The van der Waals surface area contributed by atoms with Gasteiger partial charge in [-0.05, 0) is 32.9 Å². The molecule has 1 amide bonds. The molecule has 11 heteroatoms. The minimum Gasteiger partial charge on any atom is -0.358 e. The molecule has 0 saturated carbocycles. The molecule has 0 bridgehead atoms. The first-order valence-electron chi connectivity index (χ1n) is 9.33. The van der Waals surface area contributed by atoms with E-state index in [1.165, 1.54) is 27.4 Å². The highest BCUT2D eigenvalue weighted by atomic mass is 32.2. The van der Waals surface area contributed by atoms with Gasteiger partial charge in [0, 0.05) is 32.2 Å². The van der Waals surface area contributed by atoms with Crippen LogP contribution in [0.3, 0.4) is 0 Å². The lowest BCUT2D eigenvalue weighted by molar-refractivity contribution is -0.129. The zero-order valence-electron chi connectivity index (χ0n) is 16.7. The van der Waals surface area contributed by atoms with E-state index in [4.69, 9.17) is 0 Å². The molecule has 1 N–H and O–H groups in total. The highest BCUT2D eigenvalue weighted by Crippen LogP contribution is 2.26. The molecule has 29 heavy (non-hydrogen) atoms. The van der Waals surface area contributed by atoms with E-state index in [-0.39, 0.29) is 17.7 Å². The van der Waals surface area contributed by atoms with Gasteiger partial charge in [0.2, 0.25) is 21.1 Å². The Labute approximate surface area is 179 Å². The van der Waals surface area contributed by atoms with E-state index < -0.39 is 10.0 Å². The highest BCUT2D eigenvalue weighted by molar-refractivity contribution is 8.01. The van der Waals surface area contributed by atoms with Gasteiger partial charge in [-0.25, -0.2) is 8.42 Å².